The van der Waals surface area contributed by atoms with Crippen LogP contribution in [0.15, 0.2) is 45.9 Å². The number of alkyl halides is 3. The second-order valence-corrected chi connectivity index (χ2v) is 6.33. The molecule has 8 heteroatoms. The lowest BCUT2D eigenvalue weighted by Crippen LogP contribution is -2.18. The van der Waals surface area contributed by atoms with Crippen LogP contribution >= 0.6 is 15.9 Å². The van der Waals surface area contributed by atoms with Gasteiger partial charge in [-0.25, -0.2) is 4.99 Å². The van der Waals surface area contributed by atoms with Gasteiger partial charge in [0.15, 0.2) is 0 Å². The summed E-state index contributed by atoms with van der Waals surface area (Å²) >= 11 is 2.95. The number of nitrogens with one attached hydrogen (secondary N) is 2. The van der Waals surface area contributed by atoms with E-state index in [-0.39, 0.29) is 16.8 Å². The largest absolute Gasteiger partial charge is 0.417 e. The molecule has 0 aromatic heterocycles. The minimum Gasteiger partial charge on any atom is -0.355 e. The van der Waals surface area contributed by atoms with Gasteiger partial charge in [0.25, 0.3) is 5.91 Å². The molecule has 1 aliphatic rings. The van der Waals surface area contributed by atoms with E-state index in [0.29, 0.717) is 28.3 Å². The fourth-order valence-corrected chi connectivity index (χ4v) is 3.11. The molecule has 0 bridgehead atoms. The summed E-state index contributed by atoms with van der Waals surface area (Å²) in [5.74, 6) is 0.300. The number of carbonyl (C=O) groups excluding carboxylic acids is 1. The molecule has 0 saturated carbocycles. The van der Waals surface area contributed by atoms with Gasteiger partial charge < -0.3 is 10.6 Å². The Hall–Kier alpha value is -2.35. The number of fused-ring (bicyclic) bond motifs is 1. The first kappa shape index (κ1) is 17.5. The maximum Gasteiger partial charge on any atom is 0.417 e. The molecule has 1 amide bonds. The lowest BCUT2D eigenvalue weighted by atomic mass is 10.1. The van der Waals surface area contributed by atoms with Gasteiger partial charge in [0.2, 0.25) is 0 Å². The van der Waals surface area contributed by atoms with Crippen molar-refractivity contribution in [3.8, 4) is 0 Å². The first-order valence-corrected chi connectivity index (χ1v) is 8.13. The molecular formula is C17H13BrF3N3O. The van der Waals surface area contributed by atoms with Crippen LogP contribution < -0.4 is 10.6 Å². The summed E-state index contributed by atoms with van der Waals surface area (Å²) in [5, 5.41) is 5.59. The first-order chi connectivity index (χ1) is 11.8. The lowest BCUT2D eigenvalue weighted by molar-refractivity contribution is -0.138. The van der Waals surface area contributed by atoms with Crippen LogP contribution in [0.5, 0.6) is 0 Å². The summed E-state index contributed by atoms with van der Waals surface area (Å²) in [4.78, 5) is 16.0. The SMILES string of the molecule is CNC(=O)c1cccc(NC2=Nc3cc(Br)c(C(F)(F)F)cc3C2)c1. The van der Waals surface area contributed by atoms with E-state index >= 15 is 0 Å². The second kappa shape index (κ2) is 6.51. The van der Waals surface area contributed by atoms with Crippen molar-refractivity contribution in [3.63, 3.8) is 0 Å². The highest BCUT2D eigenvalue weighted by molar-refractivity contribution is 9.10. The topological polar surface area (TPSA) is 53.5 Å². The number of hydrogen-bond acceptors (Lipinski definition) is 3. The van der Waals surface area contributed by atoms with Crippen molar-refractivity contribution in [1.82, 2.24) is 5.32 Å². The molecule has 2 aromatic rings. The molecule has 0 aliphatic carbocycles. The number of carbonyl (C=O) groups is 1. The van der Waals surface area contributed by atoms with Crippen LogP contribution in [0.4, 0.5) is 24.5 Å². The molecule has 0 fully saturated rings. The monoisotopic (exact) mass is 411 g/mol. The molecule has 25 heavy (non-hydrogen) atoms. The number of hydrogen-bond donors (Lipinski definition) is 2. The standard InChI is InChI=1S/C17H13BrF3N3O/c1-22-16(25)9-3-2-4-11(5-9)23-15-7-10-6-12(17(19,20)21)13(18)8-14(10)24-15/h2-6,8H,7H2,1H3,(H,22,25)(H,23,24). The summed E-state index contributed by atoms with van der Waals surface area (Å²) < 4.78 is 38.9. The fraction of sp³-hybridized carbons (Fsp3) is 0.176. The first-order valence-electron chi connectivity index (χ1n) is 7.34. The molecule has 0 unspecified atom stereocenters. The normalized spacial score (nSPS) is 13.2. The Morgan fingerprint density at radius 1 is 1.24 bits per heavy atom. The molecule has 3 rings (SSSR count). The minimum absolute atomic E-state index is 0.0367. The average molecular weight is 412 g/mol. The molecule has 1 aliphatic heterocycles. The molecule has 4 nitrogen and oxygen atoms in total. The van der Waals surface area contributed by atoms with Crippen molar-refractivity contribution in [2.45, 2.75) is 12.6 Å². The Bertz CT molecular complexity index is 878. The third-order valence-corrected chi connectivity index (χ3v) is 4.38. The van der Waals surface area contributed by atoms with Gasteiger partial charge in [-0.1, -0.05) is 22.0 Å². The van der Waals surface area contributed by atoms with Gasteiger partial charge in [0, 0.05) is 29.2 Å². The van der Waals surface area contributed by atoms with E-state index in [0.717, 1.165) is 6.07 Å². The van der Waals surface area contributed by atoms with E-state index in [1.807, 2.05) is 0 Å². The number of amidine groups is 1. The molecular weight excluding hydrogens is 399 g/mol. The number of benzene rings is 2. The highest BCUT2D eigenvalue weighted by Gasteiger charge is 2.34. The van der Waals surface area contributed by atoms with Crippen LogP contribution in [0.3, 0.4) is 0 Å². The number of amides is 1. The summed E-state index contributed by atoms with van der Waals surface area (Å²) in [7, 11) is 1.54. The van der Waals surface area contributed by atoms with Crippen LogP contribution in [-0.4, -0.2) is 18.8 Å². The van der Waals surface area contributed by atoms with Gasteiger partial charge in [-0.2, -0.15) is 13.2 Å². The highest BCUT2D eigenvalue weighted by Crippen LogP contribution is 2.40. The van der Waals surface area contributed by atoms with E-state index in [1.54, 1.807) is 24.3 Å². The van der Waals surface area contributed by atoms with Crippen molar-refractivity contribution in [2.24, 2.45) is 4.99 Å². The second-order valence-electron chi connectivity index (χ2n) is 5.48. The Kier molecular flexibility index (Phi) is 4.55. The third kappa shape index (κ3) is 3.68. The predicted molar refractivity (Wildman–Crippen MR) is 93.4 cm³/mol. The molecule has 130 valence electrons. The molecule has 0 atom stereocenters. The Morgan fingerprint density at radius 2 is 2.00 bits per heavy atom. The van der Waals surface area contributed by atoms with E-state index in [4.69, 9.17) is 0 Å². The number of halogens is 4. The summed E-state index contributed by atoms with van der Waals surface area (Å²) in [6, 6.07) is 9.28. The molecule has 0 spiro atoms. The zero-order chi connectivity index (χ0) is 18.2. The maximum absolute atomic E-state index is 13.0. The van der Waals surface area contributed by atoms with Crippen molar-refractivity contribution in [3.05, 3.63) is 57.6 Å². The van der Waals surface area contributed by atoms with Crippen molar-refractivity contribution in [1.29, 1.82) is 0 Å². The Morgan fingerprint density at radius 3 is 2.68 bits per heavy atom. The van der Waals surface area contributed by atoms with Gasteiger partial charge in [-0.3, -0.25) is 4.79 Å². The summed E-state index contributed by atoms with van der Waals surface area (Å²) in [5.41, 5.74) is 1.39. The van der Waals surface area contributed by atoms with Crippen molar-refractivity contribution >= 4 is 39.0 Å². The summed E-state index contributed by atoms with van der Waals surface area (Å²) in [6.07, 6.45) is -4.16. The minimum atomic E-state index is -4.42. The van der Waals surface area contributed by atoms with Crippen LogP contribution in [-0.2, 0) is 12.6 Å². The number of nitrogens with zero attached hydrogens (tertiary/aromatic N) is 1. The fourth-order valence-electron chi connectivity index (χ4n) is 2.56. The third-order valence-electron chi connectivity index (χ3n) is 3.73. The van der Waals surface area contributed by atoms with Gasteiger partial charge >= 0.3 is 6.18 Å². The van der Waals surface area contributed by atoms with E-state index in [1.165, 1.54) is 13.1 Å². The van der Waals surface area contributed by atoms with Crippen LogP contribution in [0.25, 0.3) is 0 Å². The number of rotatable bonds is 2. The molecule has 1 heterocycles. The van der Waals surface area contributed by atoms with Crippen molar-refractivity contribution in [2.75, 3.05) is 12.4 Å². The van der Waals surface area contributed by atoms with Gasteiger partial charge in [0.05, 0.1) is 11.3 Å². The quantitative estimate of drug-likeness (QED) is 0.762. The molecule has 0 radical (unpaired) electrons. The zero-order valence-electron chi connectivity index (χ0n) is 13.0. The van der Waals surface area contributed by atoms with Crippen LogP contribution in [0.1, 0.15) is 21.5 Å². The summed E-state index contributed by atoms with van der Waals surface area (Å²) in [6.45, 7) is 0. The van der Waals surface area contributed by atoms with E-state index in [2.05, 4.69) is 31.6 Å². The highest BCUT2D eigenvalue weighted by atomic mass is 79.9. The Balaban J connectivity index is 1.82. The lowest BCUT2D eigenvalue weighted by Gasteiger charge is -2.10. The zero-order valence-corrected chi connectivity index (χ0v) is 14.6. The van der Waals surface area contributed by atoms with Crippen molar-refractivity contribution < 1.29 is 18.0 Å². The maximum atomic E-state index is 13.0. The number of anilines is 1. The predicted octanol–water partition coefficient (Wildman–Crippen LogP) is 4.53. The molecule has 2 aromatic carbocycles. The van der Waals surface area contributed by atoms with Gasteiger partial charge in [-0.05, 0) is 35.9 Å². The Labute approximate surface area is 150 Å². The van der Waals surface area contributed by atoms with E-state index < -0.39 is 11.7 Å². The molecule has 0 saturated heterocycles. The van der Waals surface area contributed by atoms with Gasteiger partial charge in [0.1, 0.15) is 5.84 Å². The smallest absolute Gasteiger partial charge is 0.355 e. The van der Waals surface area contributed by atoms with E-state index in [9.17, 15) is 18.0 Å². The average Bonchev–Trinajstić information content (AvgIpc) is 2.93. The van der Waals surface area contributed by atoms with Crippen LogP contribution in [0.2, 0.25) is 0 Å². The van der Waals surface area contributed by atoms with Gasteiger partial charge in [-0.15, -0.1) is 0 Å². The molecule has 2 N–H and O–H groups in total. The van der Waals surface area contributed by atoms with Crippen LogP contribution in [0, 0.1) is 0 Å². The number of aliphatic imine (C=N–C) groups is 1.